The number of likely N-dealkylation sites (N-methyl/N-ethyl adjacent to an activating group) is 2. The van der Waals surface area contributed by atoms with Crippen LogP contribution in [0.5, 0.6) is 0 Å². The molecule has 1 heterocycles. The number of esters is 2. The molecule has 0 unspecified atom stereocenters. The van der Waals surface area contributed by atoms with Gasteiger partial charge in [-0.25, -0.2) is 4.79 Å². The molecule has 3 amide bonds. The lowest BCUT2D eigenvalue weighted by Gasteiger charge is -2.34. The van der Waals surface area contributed by atoms with Gasteiger partial charge in [-0.3, -0.25) is 19.2 Å². The quantitative estimate of drug-likeness (QED) is 0.181. The van der Waals surface area contributed by atoms with E-state index in [9.17, 15) is 29.1 Å². The first-order valence-corrected chi connectivity index (χ1v) is 20.3. The molecule has 0 bridgehead atoms. The molecule has 0 aromatic heterocycles. The number of nitrogens with zero attached hydrogens (tertiary/aromatic N) is 2. The first-order valence-electron chi connectivity index (χ1n) is 20.3. The number of carbonyl (C=O) groups is 5. The number of ether oxygens (including phenoxy) is 4. The molecule has 2 aromatic rings. The van der Waals surface area contributed by atoms with Crippen molar-refractivity contribution < 1.29 is 48.0 Å². The number of benzene rings is 2. The molecule has 1 saturated heterocycles. The topological polar surface area (TPSA) is 161 Å². The molecule has 3 aliphatic carbocycles. The third-order valence-corrected chi connectivity index (χ3v) is 11.0. The Hall–Kier alpha value is -4.85. The summed E-state index contributed by atoms with van der Waals surface area (Å²) in [5.74, 6) is -2.66. The van der Waals surface area contributed by atoms with Crippen LogP contribution in [0.2, 0.25) is 0 Å². The predicted octanol–water partition coefficient (Wildman–Crippen LogP) is 4.61. The van der Waals surface area contributed by atoms with Crippen LogP contribution in [0.15, 0.2) is 72.3 Å². The summed E-state index contributed by atoms with van der Waals surface area (Å²) in [6.07, 6.45) is 6.64. The Morgan fingerprint density at radius 3 is 2.22 bits per heavy atom. The van der Waals surface area contributed by atoms with Crippen molar-refractivity contribution in [1.29, 1.82) is 0 Å². The van der Waals surface area contributed by atoms with E-state index in [0.717, 1.165) is 31.2 Å². The zero-order valence-corrected chi connectivity index (χ0v) is 34.3. The lowest BCUT2D eigenvalue weighted by Crippen LogP contribution is -2.53. The van der Waals surface area contributed by atoms with E-state index in [1.54, 1.807) is 78.3 Å². The number of rotatable bonds is 16. The normalized spacial score (nSPS) is 22.3. The van der Waals surface area contributed by atoms with Gasteiger partial charge in [0.05, 0.1) is 18.2 Å². The maximum Gasteiger partial charge on any atom is 0.339 e. The molecule has 6 rings (SSSR count). The third kappa shape index (κ3) is 10.4. The van der Waals surface area contributed by atoms with Crippen molar-refractivity contribution in [2.45, 2.75) is 114 Å². The highest BCUT2D eigenvalue weighted by atomic mass is 16.8. The summed E-state index contributed by atoms with van der Waals surface area (Å²) in [7, 11) is 4.83. The van der Waals surface area contributed by atoms with Crippen molar-refractivity contribution in [3.8, 4) is 0 Å². The van der Waals surface area contributed by atoms with Crippen LogP contribution in [0.3, 0.4) is 0 Å². The van der Waals surface area contributed by atoms with Gasteiger partial charge < -0.3 is 39.2 Å². The van der Waals surface area contributed by atoms with Crippen LogP contribution >= 0.6 is 0 Å². The second kappa shape index (κ2) is 18.0. The number of aliphatic hydroxyl groups is 1. The Bertz CT molecular complexity index is 1880. The minimum absolute atomic E-state index is 0.0107. The van der Waals surface area contributed by atoms with Gasteiger partial charge in [0.15, 0.2) is 5.79 Å². The summed E-state index contributed by atoms with van der Waals surface area (Å²) < 4.78 is 25.3. The van der Waals surface area contributed by atoms with Gasteiger partial charge in [-0.2, -0.15) is 0 Å². The number of hydrogen-bond donors (Lipinski definition) is 2. The molecule has 58 heavy (non-hydrogen) atoms. The zero-order chi connectivity index (χ0) is 41.8. The largest absolute Gasteiger partial charge is 0.460 e. The van der Waals surface area contributed by atoms with Crippen molar-refractivity contribution in [2.24, 2.45) is 11.8 Å². The maximum absolute atomic E-state index is 14.6. The molecule has 5 atom stereocenters. The Morgan fingerprint density at radius 1 is 0.948 bits per heavy atom. The average molecular weight is 800 g/mol. The average Bonchev–Trinajstić information content (AvgIpc) is 4.14. The van der Waals surface area contributed by atoms with Crippen LogP contribution in [-0.4, -0.2) is 114 Å². The SMILES string of the molecule is CN(C)C(=O)C=Cc1ccccc1C(=O)O[C@@H]1CC(C(=O)N(C)[C@H](Cc2ccccc2)C(=O)N[C@H](CO)CCC(=O)OC(C)(C)C)=C[C@H]2OC(C3CC3)(C3CC3)O[C@H]21. The molecule has 13 heteroatoms. The molecular weight excluding hydrogens is 743 g/mol. The second-order valence-corrected chi connectivity index (χ2v) is 17.1. The second-order valence-electron chi connectivity index (χ2n) is 17.1. The first-order chi connectivity index (χ1) is 27.6. The van der Waals surface area contributed by atoms with Crippen LogP contribution in [-0.2, 0) is 44.5 Å². The zero-order valence-electron chi connectivity index (χ0n) is 34.3. The van der Waals surface area contributed by atoms with Gasteiger partial charge in [0.2, 0.25) is 17.7 Å². The number of carbonyl (C=O) groups excluding carboxylic acids is 5. The molecule has 1 aliphatic heterocycles. The lowest BCUT2D eigenvalue weighted by molar-refractivity contribution is -0.209. The van der Waals surface area contributed by atoms with E-state index in [2.05, 4.69) is 5.32 Å². The van der Waals surface area contributed by atoms with E-state index in [1.807, 2.05) is 30.3 Å². The van der Waals surface area contributed by atoms with Gasteiger partial charge in [-0.05, 0) is 82.2 Å². The minimum Gasteiger partial charge on any atom is -0.460 e. The van der Waals surface area contributed by atoms with Gasteiger partial charge in [-0.1, -0.05) is 48.5 Å². The molecule has 0 radical (unpaired) electrons. The number of hydrogen-bond acceptors (Lipinski definition) is 10. The highest BCUT2D eigenvalue weighted by molar-refractivity contribution is 5.98. The summed E-state index contributed by atoms with van der Waals surface area (Å²) in [6.45, 7) is 4.88. The van der Waals surface area contributed by atoms with Crippen molar-refractivity contribution in [3.63, 3.8) is 0 Å². The fraction of sp³-hybridized carbons (Fsp3) is 0.533. The van der Waals surface area contributed by atoms with Crippen LogP contribution in [0.25, 0.3) is 6.08 Å². The Kier molecular flexibility index (Phi) is 13.2. The van der Waals surface area contributed by atoms with Gasteiger partial charge in [-0.15, -0.1) is 0 Å². The molecular formula is C45H57N3O10. The van der Waals surface area contributed by atoms with Crippen molar-refractivity contribution in [1.82, 2.24) is 15.1 Å². The molecule has 4 aliphatic rings. The van der Waals surface area contributed by atoms with Crippen LogP contribution in [0, 0.1) is 11.8 Å². The van der Waals surface area contributed by atoms with E-state index in [4.69, 9.17) is 18.9 Å². The Morgan fingerprint density at radius 2 is 1.60 bits per heavy atom. The smallest absolute Gasteiger partial charge is 0.339 e. The van der Waals surface area contributed by atoms with Crippen LogP contribution in [0.1, 0.15) is 87.2 Å². The number of nitrogens with one attached hydrogen (secondary N) is 1. The van der Waals surface area contributed by atoms with Crippen LogP contribution < -0.4 is 5.32 Å². The minimum atomic E-state index is -1.01. The fourth-order valence-corrected chi connectivity index (χ4v) is 7.70. The molecule has 3 fully saturated rings. The van der Waals surface area contributed by atoms with E-state index in [-0.39, 0.29) is 49.0 Å². The summed E-state index contributed by atoms with van der Waals surface area (Å²) in [5.41, 5.74) is 1.20. The molecule has 2 aromatic carbocycles. The van der Waals surface area contributed by atoms with E-state index < -0.39 is 72.1 Å². The molecule has 2 saturated carbocycles. The van der Waals surface area contributed by atoms with Crippen LogP contribution in [0.4, 0.5) is 0 Å². The fourth-order valence-electron chi connectivity index (χ4n) is 7.70. The van der Waals surface area contributed by atoms with Gasteiger partial charge in [0, 0.05) is 63.9 Å². The standard InChI is InChI=1S/C45H57N3O10/c1-44(2,3)57-39(51)23-21-33(27-49)46-41(52)35(24-28-12-8-7-9-13-28)48(6)42(53)30-25-36(40-37(26-30)56-45(58-40,31-17-18-31)32-19-20-32)55-43(54)34-15-11-10-14-29(34)16-22-38(50)47(4)5/h7-16,22,26,31-33,35-37,40,49H,17-21,23-25,27H2,1-6H3,(H,46,52)/t33-,35+,36+,37+,40-/m0/s1. The number of aliphatic hydroxyl groups excluding tert-OH is 1. The summed E-state index contributed by atoms with van der Waals surface area (Å²) in [5, 5.41) is 13.1. The number of fused-ring (bicyclic) bond motifs is 1. The molecule has 13 nitrogen and oxygen atoms in total. The Labute approximate surface area is 340 Å². The summed E-state index contributed by atoms with van der Waals surface area (Å²) in [4.78, 5) is 70.3. The van der Waals surface area contributed by atoms with Crippen molar-refractivity contribution in [3.05, 3.63) is 89.0 Å². The summed E-state index contributed by atoms with van der Waals surface area (Å²) in [6, 6.07) is 14.4. The van der Waals surface area contributed by atoms with E-state index in [1.165, 1.54) is 15.9 Å². The third-order valence-electron chi connectivity index (χ3n) is 11.0. The Balaban J connectivity index is 1.25. The predicted molar refractivity (Wildman–Crippen MR) is 215 cm³/mol. The summed E-state index contributed by atoms with van der Waals surface area (Å²) >= 11 is 0. The highest BCUT2D eigenvalue weighted by Gasteiger charge is 2.64. The molecule has 0 spiro atoms. The van der Waals surface area contributed by atoms with Crippen molar-refractivity contribution in [2.75, 3.05) is 27.7 Å². The first kappa shape index (κ1) is 42.7. The highest BCUT2D eigenvalue weighted by Crippen LogP contribution is 2.59. The van der Waals surface area contributed by atoms with Gasteiger partial charge >= 0.3 is 11.9 Å². The maximum atomic E-state index is 14.6. The lowest BCUT2D eigenvalue weighted by atomic mass is 9.90. The van der Waals surface area contributed by atoms with Crippen molar-refractivity contribution >= 4 is 35.7 Å². The van der Waals surface area contributed by atoms with E-state index >= 15 is 0 Å². The molecule has 312 valence electrons. The van der Waals surface area contributed by atoms with Gasteiger partial charge in [0.25, 0.3) is 0 Å². The van der Waals surface area contributed by atoms with E-state index in [0.29, 0.717) is 11.1 Å². The monoisotopic (exact) mass is 799 g/mol. The van der Waals surface area contributed by atoms with Gasteiger partial charge in [0.1, 0.15) is 30.0 Å². The molecule has 2 N–H and O–H groups in total. The number of amides is 3.